The molecule has 0 aliphatic rings. The summed E-state index contributed by atoms with van der Waals surface area (Å²) in [4.78, 5) is 0. The minimum absolute atomic E-state index is 0.651. The van der Waals surface area contributed by atoms with Crippen LogP contribution >= 0.6 is 36.6 Å². The van der Waals surface area contributed by atoms with Crippen LogP contribution in [0.4, 0.5) is 5.69 Å². The lowest BCUT2D eigenvalue weighted by molar-refractivity contribution is 0.886. The second-order valence-corrected chi connectivity index (χ2v) is 5.96. The molecule has 0 spiro atoms. The van der Waals surface area contributed by atoms with Gasteiger partial charge in [0.25, 0.3) is 0 Å². The molecule has 16 heavy (non-hydrogen) atoms. The van der Waals surface area contributed by atoms with Crippen LogP contribution in [0.5, 0.6) is 0 Å². The number of para-hydroxylation sites is 1. The number of hydrogen-bond donors (Lipinski definition) is 2. The van der Waals surface area contributed by atoms with Gasteiger partial charge in [-0.3, -0.25) is 0 Å². The van der Waals surface area contributed by atoms with Crippen molar-refractivity contribution in [2.75, 3.05) is 5.73 Å². The Kier molecular flexibility index (Phi) is 9.88. The minimum atomic E-state index is 0.651. The summed E-state index contributed by atoms with van der Waals surface area (Å²) >= 11 is 10.4. The van der Waals surface area contributed by atoms with Gasteiger partial charge in [0.2, 0.25) is 0 Å². The Bertz CT molecular complexity index is 311. The standard InChI is InChI=1S/C8H9NS3.C4H10/c9-7-4-2-1-3-6(7)5-12-8(10)11;1-3-4-2/h1-4H,5,9H2,(H,10,11);3-4H2,1-2H3. The lowest BCUT2D eigenvalue weighted by atomic mass is 10.2. The second-order valence-electron chi connectivity index (χ2n) is 3.25. The van der Waals surface area contributed by atoms with Gasteiger partial charge in [0.1, 0.15) is 3.53 Å². The number of thiol groups is 1. The predicted molar refractivity (Wildman–Crippen MR) is 84.3 cm³/mol. The van der Waals surface area contributed by atoms with Crippen molar-refractivity contribution in [2.24, 2.45) is 0 Å². The van der Waals surface area contributed by atoms with Gasteiger partial charge in [-0.15, -0.1) is 24.4 Å². The fraction of sp³-hybridized carbons (Fsp3) is 0.417. The van der Waals surface area contributed by atoms with E-state index in [4.69, 9.17) is 18.0 Å². The van der Waals surface area contributed by atoms with E-state index >= 15 is 0 Å². The van der Waals surface area contributed by atoms with Crippen molar-refractivity contribution < 1.29 is 0 Å². The smallest absolute Gasteiger partial charge is 0.101 e. The first kappa shape index (κ1) is 15.8. The third-order valence-corrected chi connectivity index (χ3v) is 3.35. The zero-order chi connectivity index (χ0) is 12.4. The third-order valence-electron chi connectivity index (χ3n) is 1.91. The monoisotopic (exact) mass is 273 g/mol. The number of nitrogens with two attached hydrogens (primary N) is 1. The highest BCUT2D eigenvalue weighted by Crippen LogP contribution is 2.20. The third kappa shape index (κ3) is 8.02. The zero-order valence-corrected chi connectivity index (χ0v) is 12.3. The molecule has 2 N–H and O–H groups in total. The maximum Gasteiger partial charge on any atom is 0.101 e. The van der Waals surface area contributed by atoms with Crippen molar-refractivity contribution in [3.05, 3.63) is 29.8 Å². The average Bonchev–Trinajstić information content (AvgIpc) is 2.28. The fourth-order valence-corrected chi connectivity index (χ4v) is 1.72. The molecule has 0 atom stereocenters. The largest absolute Gasteiger partial charge is 0.398 e. The van der Waals surface area contributed by atoms with E-state index in [0.717, 1.165) is 17.0 Å². The van der Waals surface area contributed by atoms with E-state index in [1.54, 1.807) is 0 Å². The van der Waals surface area contributed by atoms with Crippen LogP contribution in [0, 0.1) is 0 Å². The molecule has 0 aliphatic heterocycles. The Morgan fingerprint density at radius 3 is 2.31 bits per heavy atom. The maximum atomic E-state index is 5.73. The molecule has 0 unspecified atom stereocenters. The van der Waals surface area contributed by atoms with E-state index in [1.807, 2.05) is 24.3 Å². The van der Waals surface area contributed by atoms with Gasteiger partial charge in [0, 0.05) is 11.4 Å². The molecule has 1 nitrogen and oxygen atoms in total. The minimum Gasteiger partial charge on any atom is -0.398 e. The molecule has 0 amide bonds. The first-order valence-corrected chi connectivity index (χ1v) is 7.15. The molecule has 1 rings (SSSR count). The van der Waals surface area contributed by atoms with Crippen LogP contribution < -0.4 is 5.73 Å². The number of benzene rings is 1. The molecule has 0 radical (unpaired) electrons. The molecule has 0 saturated carbocycles. The van der Waals surface area contributed by atoms with Gasteiger partial charge in [-0.25, -0.2) is 0 Å². The number of nitrogen functional groups attached to an aromatic ring is 1. The van der Waals surface area contributed by atoms with Gasteiger partial charge in [0.15, 0.2) is 0 Å². The number of rotatable bonds is 3. The summed E-state index contributed by atoms with van der Waals surface area (Å²) in [7, 11) is 0. The van der Waals surface area contributed by atoms with E-state index in [1.165, 1.54) is 24.6 Å². The highest BCUT2D eigenvalue weighted by atomic mass is 32.2. The molecule has 0 heterocycles. The summed E-state index contributed by atoms with van der Waals surface area (Å²) in [6.45, 7) is 4.36. The molecule has 0 saturated heterocycles. The predicted octanol–water partition coefficient (Wildman–Crippen LogP) is 4.52. The molecule has 0 fully saturated rings. The van der Waals surface area contributed by atoms with Crippen molar-refractivity contribution in [2.45, 2.75) is 32.4 Å². The molecule has 4 heteroatoms. The van der Waals surface area contributed by atoms with E-state index in [9.17, 15) is 0 Å². The lowest BCUT2D eigenvalue weighted by Gasteiger charge is -2.02. The quantitative estimate of drug-likeness (QED) is 0.481. The Morgan fingerprint density at radius 2 is 1.88 bits per heavy atom. The van der Waals surface area contributed by atoms with E-state index < -0.39 is 0 Å². The van der Waals surface area contributed by atoms with Crippen LogP contribution in [0.25, 0.3) is 0 Å². The van der Waals surface area contributed by atoms with Crippen LogP contribution in [0.1, 0.15) is 32.3 Å². The van der Waals surface area contributed by atoms with Gasteiger partial charge < -0.3 is 5.73 Å². The van der Waals surface area contributed by atoms with Crippen LogP contribution in [0.15, 0.2) is 24.3 Å². The van der Waals surface area contributed by atoms with Gasteiger partial charge in [-0.1, -0.05) is 57.1 Å². The highest BCUT2D eigenvalue weighted by Gasteiger charge is 1.98. The van der Waals surface area contributed by atoms with Crippen LogP contribution in [-0.2, 0) is 5.75 Å². The van der Waals surface area contributed by atoms with Gasteiger partial charge in [-0.05, 0) is 11.6 Å². The summed E-state index contributed by atoms with van der Waals surface area (Å²) in [5, 5.41) is 0. The normalized spacial score (nSPS) is 9.19. The van der Waals surface area contributed by atoms with Crippen molar-refractivity contribution in [3.63, 3.8) is 0 Å². The molecule has 0 bridgehead atoms. The number of anilines is 1. The molecule has 0 aromatic heterocycles. The Balaban J connectivity index is 0.000000487. The topological polar surface area (TPSA) is 26.0 Å². The number of thioether (sulfide) groups is 1. The average molecular weight is 273 g/mol. The van der Waals surface area contributed by atoms with Crippen molar-refractivity contribution in [3.8, 4) is 0 Å². The molecule has 90 valence electrons. The first-order chi connectivity index (χ1) is 7.61. The van der Waals surface area contributed by atoms with Gasteiger partial charge in [0.05, 0.1) is 0 Å². The molecule has 0 aliphatic carbocycles. The van der Waals surface area contributed by atoms with Crippen molar-refractivity contribution in [1.82, 2.24) is 0 Å². The summed E-state index contributed by atoms with van der Waals surface area (Å²) < 4.78 is 0.651. The van der Waals surface area contributed by atoms with Crippen molar-refractivity contribution >= 4 is 45.8 Å². The Hall–Kier alpha value is -0.190. The summed E-state index contributed by atoms with van der Waals surface area (Å²) in [5.41, 5.74) is 7.65. The highest BCUT2D eigenvalue weighted by molar-refractivity contribution is 8.41. The fourth-order valence-electron chi connectivity index (χ4n) is 0.805. The van der Waals surface area contributed by atoms with E-state index in [-0.39, 0.29) is 0 Å². The Labute approximate surface area is 114 Å². The number of unbranched alkanes of at least 4 members (excludes halogenated alkanes) is 1. The number of thiocarbonyl (C=S) groups is 1. The Morgan fingerprint density at radius 1 is 1.31 bits per heavy atom. The molecular weight excluding hydrogens is 254 g/mol. The van der Waals surface area contributed by atoms with Gasteiger partial charge >= 0.3 is 0 Å². The SMILES string of the molecule is CCCC.Nc1ccccc1CSC(=S)S. The van der Waals surface area contributed by atoms with Crippen LogP contribution in [0.2, 0.25) is 0 Å². The molecular formula is C12H19NS3. The lowest BCUT2D eigenvalue weighted by Crippen LogP contribution is -1.91. The van der Waals surface area contributed by atoms with E-state index in [0.29, 0.717) is 3.53 Å². The zero-order valence-electron chi connectivity index (χ0n) is 9.77. The van der Waals surface area contributed by atoms with Crippen LogP contribution in [-0.4, -0.2) is 3.53 Å². The maximum absolute atomic E-state index is 5.73. The summed E-state index contributed by atoms with van der Waals surface area (Å²) in [6.07, 6.45) is 2.64. The van der Waals surface area contributed by atoms with Crippen LogP contribution in [0.3, 0.4) is 0 Å². The first-order valence-electron chi connectivity index (χ1n) is 5.30. The van der Waals surface area contributed by atoms with Crippen molar-refractivity contribution in [1.29, 1.82) is 0 Å². The second kappa shape index (κ2) is 10.00. The molecule has 1 aromatic carbocycles. The van der Waals surface area contributed by atoms with Gasteiger partial charge in [-0.2, -0.15) is 0 Å². The van der Waals surface area contributed by atoms with E-state index in [2.05, 4.69) is 26.5 Å². The summed E-state index contributed by atoms with van der Waals surface area (Å²) in [5.74, 6) is 0.801. The number of hydrogen-bond acceptors (Lipinski definition) is 3. The summed E-state index contributed by atoms with van der Waals surface area (Å²) in [6, 6.07) is 7.77. The molecule has 1 aromatic rings.